The second kappa shape index (κ2) is 19.0. The lowest BCUT2D eigenvalue weighted by atomic mass is 9.32. The molecular weight excluding hydrogens is 929 g/mol. The van der Waals surface area contributed by atoms with Crippen molar-refractivity contribution in [3.05, 3.63) is 12.2 Å². The number of aliphatic hydroxyl groups excluding tert-OH is 9. The predicted molar refractivity (Wildman–Crippen MR) is 239 cm³/mol. The van der Waals surface area contributed by atoms with Gasteiger partial charge in [-0.15, -0.1) is 0 Å². The molecule has 25 atom stereocenters. The second-order valence-corrected chi connectivity index (χ2v) is 24.5. The maximum Gasteiger partial charge on any atom is 0.397 e. The van der Waals surface area contributed by atoms with Gasteiger partial charge < -0.3 is 74.4 Å². The molecule has 3 saturated heterocycles. The molecule has 0 aromatic rings. The van der Waals surface area contributed by atoms with Crippen molar-refractivity contribution in [2.75, 3.05) is 13.2 Å². The lowest BCUT2D eigenvalue weighted by molar-refractivity contribution is -0.361. The van der Waals surface area contributed by atoms with Gasteiger partial charge in [0.25, 0.3) is 0 Å². The molecule has 5 aliphatic carbocycles. The van der Waals surface area contributed by atoms with Crippen LogP contribution < -0.4 is 0 Å². The van der Waals surface area contributed by atoms with E-state index in [0.29, 0.717) is 31.6 Å². The van der Waals surface area contributed by atoms with E-state index in [1.807, 2.05) is 6.92 Å². The number of hydrogen-bond acceptors (Lipinski definition) is 19. The van der Waals surface area contributed by atoms with Gasteiger partial charge in [0, 0.05) is 0 Å². The molecule has 5 saturated carbocycles. The summed E-state index contributed by atoms with van der Waals surface area (Å²) in [5, 5.41) is 96.5. The number of allylic oxidation sites excluding steroid dienone is 1. The predicted octanol–water partition coefficient (Wildman–Crippen LogP) is 0.851. The monoisotopic (exact) mass is 1010 g/mol. The maximum atomic E-state index is 15.0. The third-order valence-corrected chi connectivity index (χ3v) is 20.4. The summed E-state index contributed by atoms with van der Waals surface area (Å²) in [5.74, 6) is -0.206. The minimum atomic E-state index is -4.64. The Labute approximate surface area is 404 Å². The highest BCUT2D eigenvalue weighted by Crippen LogP contribution is 2.78. The smallest absolute Gasteiger partial charge is 0.397 e. The van der Waals surface area contributed by atoms with Crippen molar-refractivity contribution in [2.45, 2.75) is 211 Å². The van der Waals surface area contributed by atoms with Gasteiger partial charge in [0.15, 0.2) is 12.6 Å². The highest BCUT2D eigenvalue weighted by Gasteiger charge is 2.73. The van der Waals surface area contributed by atoms with Crippen LogP contribution in [0.4, 0.5) is 0 Å². The van der Waals surface area contributed by atoms with Gasteiger partial charge in [-0.1, -0.05) is 46.8 Å². The molecule has 69 heavy (non-hydrogen) atoms. The highest BCUT2D eigenvalue weighted by molar-refractivity contribution is 7.80. The van der Waals surface area contributed by atoms with Gasteiger partial charge in [0.05, 0.1) is 30.8 Å². The van der Waals surface area contributed by atoms with Crippen LogP contribution in [0.1, 0.15) is 113 Å². The first kappa shape index (κ1) is 53.8. The van der Waals surface area contributed by atoms with E-state index >= 15 is 4.79 Å². The summed E-state index contributed by atoms with van der Waals surface area (Å²) in [6.07, 6.45) is -17.9. The summed E-state index contributed by atoms with van der Waals surface area (Å²) in [6, 6.07) is 0. The molecular formula is C48H78O20S. The van der Waals surface area contributed by atoms with Gasteiger partial charge in [0.2, 0.25) is 6.29 Å². The Bertz CT molecular complexity index is 2010. The molecule has 8 aliphatic rings. The number of carbonyl (C=O) groups is 1. The molecule has 0 aromatic carbocycles. The zero-order chi connectivity index (χ0) is 50.7. The lowest BCUT2D eigenvalue weighted by Gasteiger charge is -2.72. The molecule has 0 radical (unpaired) electrons. The fraction of sp³-hybridized carbons (Fsp3) is 0.938. The van der Waals surface area contributed by atoms with Crippen LogP contribution in [0, 0.1) is 56.7 Å². The number of hydrogen-bond donors (Lipinski definition) is 10. The fourth-order valence-electron chi connectivity index (χ4n) is 16.0. The van der Waals surface area contributed by atoms with Crippen molar-refractivity contribution in [1.82, 2.24) is 0 Å². The second-order valence-electron chi connectivity index (χ2n) is 23.5. The first-order chi connectivity index (χ1) is 32.1. The molecule has 25 unspecified atom stereocenters. The van der Waals surface area contributed by atoms with E-state index in [-0.39, 0.29) is 39.9 Å². The average molecular weight is 1010 g/mol. The third kappa shape index (κ3) is 8.79. The summed E-state index contributed by atoms with van der Waals surface area (Å²) < 4.78 is 73.5. The number of esters is 1. The topological polar surface area (TPSA) is 318 Å². The summed E-state index contributed by atoms with van der Waals surface area (Å²) in [4.78, 5) is 15.0. The molecule has 0 bridgehead atoms. The number of rotatable bonds is 11. The van der Waals surface area contributed by atoms with E-state index in [2.05, 4.69) is 41.2 Å². The summed E-state index contributed by atoms with van der Waals surface area (Å²) in [5.41, 5.74) is -1.01. The van der Waals surface area contributed by atoms with E-state index in [9.17, 15) is 58.9 Å². The number of aliphatic hydroxyl groups is 9. The minimum absolute atomic E-state index is 0.000268. The Kier molecular flexibility index (Phi) is 14.8. The first-order valence-electron chi connectivity index (χ1n) is 24.9. The van der Waals surface area contributed by atoms with Gasteiger partial charge in [-0.05, 0) is 129 Å². The first-order valence-corrected chi connectivity index (χ1v) is 26.3. The van der Waals surface area contributed by atoms with Gasteiger partial charge in [0.1, 0.15) is 67.1 Å². The molecule has 8 fully saturated rings. The summed E-state index contributed by atoms with van der Waals surface area (Å²) in [7, 11) is -4.64. The summed E-state index contributed by atoms with van der Waals surface area (Å²) >= 11 is 0. The number of fused-ring (bicyclic) bond motifs is 7. The van der Waals surface area contributed by atoms with E-state index < -0.39 is 139 Å². The zero-order valence-corrected chi connectivity index (χ0v) is 41.6. The SMILES string of the molecule is C=C(C)C1CCC2(C(=O)OC3OC(COC4OC(CO)C(OC5OC(C)C(O)C(O)C5O)C(O)C4O)C(O)C(O)C3O)CCC3(C)C(CCC4C5(C)CCC(OS(=O)(=O)O)C(C)(C)C5CCC43C)C12. The van der Waals surface area contributed by atoms with Crippen LogP contribution in [0.15, 0.2) is 12.2 Å². The van der Waals surface area contributed by atoms with Crippen molar-refractivity contribution < 1.29 is 96.3 Å². The van der Waals surface area contributed by atoms with Crippen molar-refractivity contribution in [1.29, 1.82) is 0 Å². The van der Waals surface area contributed by atoms with Crippen molar-refractivity contribution >= 4 is 16.4 Å². The molecule has 396 valence electrons. The van der Waals surface area contributed by atoms with Crippen LogP contribution >= 0.6 is 0 Å². The van der Waals surface area contributed by atoms with Gasteiger partial charge >= 0.3 is 16.4 Å². The van der Waals surface area contributed by atoms with Crippen molar-refractivity contribution in [2.24, 2.45) is 56.7 Å². The van der Waals surface area contributed by atoms with Crippen molar-refractivity contribution in [3.8, 4) is 0 Å². The zero-order valence-electron chi connectivity index (χ0n) is 40.8. The Morgan fingerprint density at radius 3 is 1.97 bits per heavy atom. The highest BCUT2D eigenvalue weighted by atomic mass is 32.3. The van der Waals surface area contributed by atoms with Crippen LogP contribution in [0.5, 0.6) is 0 Å². The van der Waals surface area contributed by atoms with E-state index in [1.54, 1.807) is 0 Å². The molecule has 8 rings (SSSR count). The van der Waals surface area contributed by atoms with E-state index in [4.69, 9.17) is 32.6 Å². The lowest BCUT2D eigenvalue weighted by Crippen LogP contribution is -2.67. The Balaban J connectivity index is 0.964. The largest absolute Gasteiger partial charge is 0.432 e. The fourth-order valence-corrected chi connectivity index (χ4v) is 16.6. The molecule has 0 amide bonds. The van der Waals surface area contributed by atoms with E-state index in [1.165, 1.54) is 6.92 Å². The van der Waals surface area contributed by atoms with Gasteiger partial charge in [-0.2, -0.15) is 8.42 Å². The number of carbonyl (C=O) groups excluding carboxylic acids is 1. The van der Waals surface area contributed by atoms with Crippen LogP contribution in [-0.4, -0.2) is 176 Å². The van der Waals surface area contributed by atoms with Gasteiger partial charge in [-0.25, -0.2) is 4.18 Å². The summed E-state index contributed by atoms with van der Waals surface area (Å²) in [6.45, 7) is 17.7. The Morgan fingerprint density at radius 2 is 1.32 bits per heavy atom. The van der Waals surface area contributed by atoms with Crippen molar-refractivity contribution in [3.63, 3.8) is 0 Å². The van der Waals surface area contributed by atoms with Crippen LogP contribution in [0.25, 0.3) is 0 Å². The molecule has 3 aliphatic heterocycles. The molecule has 0 aromatic heterocycles. The van der Waals surface area contributed by atoms with Crippen LogP contribution in [0.3, 0.4) is 0 Å². The number of ether oxygens (including phenoxy) is 6. The molecule has 10 N–H and O–H groups in total. The maximum absolute atomic E-state index is 15.0. The van der Waals surface area contributed by atoms with Gasteiger partial charge in [-0.3, -0.25) is 9.35 Å². The molecule has 21 heteroatoms. The van der Waals surface area contributed by atoms with Crippen LogP contribution in [-0.2, 0) is 47.8 Å². The quantitative estimate of drug-likeness (QED) is 0.0779. The Morgan fingerprint density at radius 1 is 0.681 bits per heavy atom. The normalized spacial score (nSPS) is 53.0. The standard InChI is InChI=1S/C48H78O20S/c1-21(2)23-11-16-48(18-17-46(7)24(30(23)48)9-10-28-45(6)14-13-29(68-69(59,60)61)44(4,5)27(45)12-15-47(28,46)8)43(58)67-42-37(56)34(53)32(51)26(65-42)20-62-40-38(57)35(54)39(25(19-49)64-40)66-41-36(55)33(52)31(50)22(3)63-41/h22-42,49-57H,1,9-20H2,2-8H3,(H,59,60,61). The third-order valence-electron chi connectivity index (χ3n) is 19.9. The minimum Gasteiger partial charge on any atom is -0.432 e. The average Bonchev–Trinajstić information content (AvgIpc) is 3.69. The van der Waals surface area contributed by atoms with Crippen LogP contribution in [0.2, 0.25) is 0 Å². The molecule has 20 nitrogen and oxygen atoms in total. The molecule has 3 heterocycles. The molecule has 0 spiro atoms. The van der Waals surface area contributed by atoms with E-state index in [0.717, 1.165) is 44.1 Å². The Hall–Kier alpha value is -1.48.